The van der Waals surface area contributed by atoms with E-state index in [1.54, 1.807) is 26.8 Å². The molecule has 20 heavy (non-hydrogen) atoms. The van der Waals surface area contributed by atoms with Crippen molar-refractivity contribution in [3.05, 3.63) is 40.4 Å². The summed E-state index contributed by atoms with van der Waals surface area (Å²) in [5.41, 5.74) is 0.299. The van der Waals surface area contributed by atoms with E-state index in [0.29, 0.717) is 0 Å². The van der Waals surface area contributed by atoms with Gasteiger partial charge in [-0.3, -0.25) is 4.79 Å². The lowest BCUT2D eigenvalue weighted by atomic mass is 9.87. The molecule has 1 aromatic rings. The van der Waals surface area contributed by atoms with Gasteiger partial charge in [0.25, 0.3) is 0 Å². The predicted molar refractivity (Wildman–Crippen MR) is 82.2 cm³/mol. The average molecular weight is 340 g/mol. The van der Waals surface area contributed by atoms with E-state index in [-0.39, 0.29) is 0 Å². The van der Waals surface area contributed by atoms with E-state index in [0.717, 1.165) is 10.0 Å². The molecule has 1 rings (SSSR count). The molecule has 0 aliphatic heterocycles. The van der Waals surface area contributed by atoms with Crippen molar-refractivity contribution in [1.29, 1.82) is 0 Å². The first-order valence-corrected chi connectivity index (χ1v) is 6.97. The van der Waals surface area contributed by atoms with Gasteiger partial charge in [-0.25, -0.2) is 4.79 Å². The second kappa shape index (κ2) is 6.70. The fraction of sp³-hybridized carbons (Fsp3) is 0.333. The minimum absolute atomic E-state index is 0.428. The Bertz CT molecular complexity index is 532. The van der Waals surface area contributed by atoms with Crippen LogP contribution in [-0.2, 0) is 9.59 Å². The van der Waals surface area contributed by atoms with Gasteiger partial charge in [0.2, 0.25) is 5.91 Å². The fourth-order valence-electron chi connectivity index (χ4n) is 1.61. The highest BCUT2D eigenvalue weighted by molar-refractivity contribution is 9.10. The first-order valence-electron chi connectivity index (χ1n) is 6.17. The SMILES string of the molecule is CC(C)(C)[C@H](NC(=O)/C=C/c1ccccc1Br)C(=O)O. The average Bonchev–Trinajstić information content (AvgIpc) is 2.33. The van der Waals surface area contributed by atoms with Crippen LogP contribution in [0.4, 0.5) is 0 Å². The van der Waals surface area contributed by atoms with Crippen molar-refractivity contribution in [2.75, 3.05) is 0 Å². The summed E-state index contributed by atoms with van der Waals surface area (Å²) in [4.78, 5) is 23.0. The first-order chi connectivity index (χ1) is 9.21. The highest BCUT2D eigenvalue weighted by Gasteiger charge is 2.31. The van der Waals surface area contributed by atoms with Gasteiger partial charge in [-0.15, -0.1) is 0 Å². The second-order valence-corrected chi connectivity index (χ2v) is 6.36. The molecule has 0 aliphatic rings. The van der Waals surface area contributed by atoms with Crippen LogP contribution in [0.2, 0.25) is 0 Å². The summed E-state index contributed by atoms with van der Waals surface area (Å²) in [5, 5.41) is 11.6. The Morgan fingerprint density at radius 3 is 2.40 bits per heavy atom. The van der Waals surface area contributed by atoms with E-state index in [9.17, 15) is 9.59 Å². The zero-order valence-electron chi connectivity index (χ0n) is 11.7. The van der Waals surface area contributed by atoms with Crippen LogP contribution >= 0.6 is 15.9 Å². The number of hydrogen-bond acceptors (Lipinski definition) is 2. The van der Waals surface area contributed by atoms with Crippen LogP contribution in [0.3, 0.4) is 0 Å². The van der Waals surface area contributed by atoms with E-state index in [1.165, 1.54) is 6.08 Å². The van der Waals surface area contributed by atoms with Gasteiger partial charge in [-0.05, 0) is 23.1 Å². The Morgan fingerprint density at radius 2 is 1.90 bits per heavy atom. The van der Waals surface area contributed by atoms with Gasteiger partial charge in [0.05, 0.1) is 0 Å². The van der Waals surface area contributed by atoms with E-state index >= 15 is 0 Å². The van der Waals surface area contributed by atoms with Crippen LogP contribution < -0.4 is 5.32 Å². The number of benzene rings is 1. The van der Waals surface area contributed by atoms with Gasteiger partial charge in [-0.1, -0.05) is 54.9 Å². The molecule has 108 valence electrons. The molecular formula is C15H18BrNO3. The lowest BCUT2D eigenvalue weighted by molar-refractivity contribution is -0.144. The van der Waals surface area contributed by atoms with Gasteiger partial charge in [-0.2, -0.15) is 0 Å². The third-order valence-corrected chi connectivity index (χ3v) is 3.44. The summed E-state index contributed by atoms with van der Waals surface area (Å²) in [5.74, 6) is -1.47. The van der Waals surface area contributed by atoms with Gasteiger partial charge >= 0.3 is 5.97 Å². The van der Waals surface area contributed by atoms with Crippen molar-refractivity contribution >= 4 is 33.9 Å². The summed E-state index contributed by atoms with van der Waals surface area (Å²) in [6, 6.07) is 6.52. The Kier molecular flexibility index (Phi) is 5.51. The molecule has 5 heteroatoms. The van der Waals surface area contributed by atoms with Crippen molar-refractivity contribution in [3.8, 4) is 0 Å². The van der Waals surface area contributed by atoms with Crippen LogP contribution in [0.25, 0.3) is 6.08 Å². The molecule has 1 amide bonds. The topological polar surface area (TPSA) is 66.4 Å². The maximum atomic E-state index is 11.8. The highest BCUT2D eigenvalue weighted by Crippen LogP contribution is 2.20. The number of nitrogens with one attached hydrogen (secondary N) is 1. The molecule has 0 unspecified atom stereocenters. The highest BCUT2D eigenvalue weighted by atomic mass is 79.9. The minimum Gasteiger partial charge on any atom is -0.480 e. The Labute approximate surface area is 127 Å². The third-order valence-electron chi connectivity index (χ3n) is 2.72. The van der Waals surface area contributed by atoms with Crippen molar-refractivity contribution in [2.45, 2.75) is 26.8 Å². The molecule has 0 aliphatic carbocycles. The normalized spacial score (nSPS) is 13.2. The van der Waals surface area contributed by atoms with Crippen molar-refractivity contribution in [3.63, 3.8) is 0 Å². The number of aliphatic carboxylic acids is 1. The molecule has 2 N–H and O–H groups in total. The minimum atomic E-state index is -1.04. The zero-order valence-corrected chi connectivity index (χ0v) is 13.3. The number of carboxylic acid groups (broad SMARTS) is 1. The molecule has 1 aromatic carbocycles. The third kappa shape index (κ3) is 4.81. The lowest BCUT2D eigenvalue weighted by Crippen LogP contribution is -2.48. The van der Waals surface area contributed by atoms with Crippen molar-refractivity contribution in [2.24, 2.45) is 5.41 Å². The van der Waals surface area contributed by atoms with Crippen LogP contribution in [0.1, 0.15) is 26.3 Å². The first kappa shape index (κ1) is 16.4. The number of halogens is 1. The Hall–Kier alpha value is -1.62. The predicted octanol–water partition coefficient (Wildman–Crippen LogP) is 3.08. The number of hydrogen-bond donors (Lipinski definition) is 2. The van der Waals surface area contributed by atoms with Crippen LogP contribution in [-0.4, -0.2) is 23.0 Å². The standard InChI is InChI=1S/C15H18BrNO3/c1-15(2,3)13(14(19)20)17-12(18)9-8-10-6-4-5-7-11(10)16/h4-9,13H,1-3H3,(H,17,18)(H,19,20)/b9-8+/t13-/m1/s1. The molecule has 0 spiro atoms. The molecular weight excluding hydrogens is 322 g/mol. The summed E-state index contributed by atoms with van der Waals surface area (Å²) in [6.07, 6.45) is 2.97. The Balaban J connectivity index is 2.77. The van der Waals surface area contributed by atoms with E-state index in [2.05, 4.69) is 21.2 Å². The van der Waals surface area contributed by atoms with Crippen LogP contribution in [0, 0.1) is 5.41 Å². The molecule has 0 aromatic heterocycles. The smallest absolute Gasteiger partial charge is 0.326 e. The molecule has 1 atom stereocenters. The van der Waals surface area contributed by atoms with Gasteiger partial charge in [0.1, 0.15) is 6.04 Å². The number of amides is 1. The molecule has 0 saturated heterocycles. The van der Waals surface area contributed by atoms with Gasteiger partial charge in [0, 0.05) is 10.5 Å². The molecule has 0 heterocycles. The molecule has 0 radical (unpaired) electrons. The molecule has 4 nitrogen and oxygen atoms in total. The molecule has 0 saturated carbocycles. The summed E-state index contributed by atoms with van der Waals surface area (Å²) in [7, 11) is 0. The van der Waals surface area contributed by atoms with E-state index in [1.807, 2.05) is 24.3 Å². The second-order valence-electron chi connectivity index (χ2n) is 5.50. The van der Waals surface area contributed by atoms with Gasteiger partial charge < -0.3 is 10.4 Å². The molecule has 0 bridgehead atoms. The number of carbonyl (C=O) groups is 2. The van der Waals surface area contributed by atoms with Gasteiger partial charge in [0.15, 0.2) is 0 Å². The monoisotopic (exact) mass is 339 g/mol. The summed E-state index contributed by atoms with van der Waals surface area (Å²) in [6.45, 7) is 5.30. The Morgan fingerprint density at radius 1 is 1.30 bits per heavy atom. The van der Waals surface area contributed by atoms with Crippen LogP contribution in [0.5, 0.6) is 0 Å². The summed E-state index contributed by atoms with van der Waals surface area (Å²) < 4.78 is 0.870. The van der Waals surface area contributed by atoms with Crippen LogP contribution in [0.15, 0.2) is 34.8 Å². The fourth-order valence-corrected chi connectivity index (χ4v) is 2.03. The maximum absolute atomic E-state index is 11.8. The summed E-state index contributed by atoms with van der Waals surface area (Å²) >= 11 is 3.38. The number of rotatable bonds is 4. The largest absolute Gasteiger partial charge is 0.480 e. The maximum Gasteiger partial charge on any atom is 0.326 e. The zero-order chi connectivity index (χ0) is 15.3. The number of carboxylic acids is 1. The van der Waals surface area contributed by atoms with Crippen molar-refractivity contribution < 1.29 is 14.7 Å². The van der Waals surface area contributed by atoms with E-state index < -0.39 is 23.3 Å². The molecule has 0 fully saturated rings. The quantitative estimate of drug-likeness (QED) is 0.828. The lowest BCUT2D eigenvalue weighted by Gasteiger charge is -2.27. The van der Waals surface area contributed by atoms with Crippen molar-refractivity contribution in [1.82, 2.24) is 5.32 Å². The number of carbonyl (C=O) groups excluding carboxylic acids is 1. The van der Waals surface area contributed by atoms with E-state index in [4.69, 9.17) is 5.11 Å².